The van der Waals surface area contributed by atoms with Crippen molar-refractivity contribution in [1.82, 2.24) is 14.3 Å². The Bertz CT molecular complexity index is 1500. The molecule has 0 bridgehead atoms. The minimum absolute atomic E-state index is 0.0243. The lowest BCUT2D eigenvalue weighted by atomic mass is 9.90. The first-order chi connectivity index (χ1) is 17.0. The first-order valence-electron chi connectivity index (χ1n) is 10.6. The highest BCUT2D eigenvalue weighted by Gasteiger charge is 2.41. The van der Waals surface area contributed by atoms with Crippen molar-refractivity contribution in [1.29, 1.82) is 5.26 Å². The van der Waals surface area contributed by atoms with Crippen LogP contribution in [-0.4, -0.2) is 32.5 Å². The van der Waals surface area contributed by atoms with E-state index < -0.39 is 36.0 Å². The SMILES string of the molecule is COC(=O)C1=C(C)N(c2cccc(C(F)(F)F)c2)c2nn(C)c(=O)n2C1c1ccc(C#N)cc1CO. The monoisotopic (exact) mass is 499 g/mol. The fraction of sp³-hybridized carbons (Fsp3) is 0.250. The fourth-order valence-electron chi connectivity index (χ4n) is 4.32. The summed E-state index contributed by atoms with van der Waals surface area (Å²) in [7, 11) is 2.51. The summed E-state index contributed by atoms with van der Waals surface area (Å²) >= 11 is 0. The van der Waals surface area contributed by atoms with Gasteiger partial charge in [-0.15, -0.1) is 5.10 Å². The van der Waals surface area contributed by atoms with Crippen LogP contribution in [0.3, 0.4) is 0 Å². The minimum atomic E-state index is -4.63. The van der Waals surface area contributed by atoms with Gasteiger partial charge in [-0.1, -0.05) is 12.1 Å². The Labute approximate surface area is 202 Å². The van der Waals surface area contributed by atoms with E-state index in [0.29, 0.717) is 5.56 Å². The maximum atomic E-state index is 13.5. The number of hydrogen-bond acceptors (Lipinski definition) is 7. The maximum absolute atomic E-state index is 13.5. The third-order valence-corrected chi connectivity index (χ3v) is 5.97. The van der Waals surface area contributed by atoms with Gasteiger partial charge in [0.1, 0.15) is 6.04 Å². The lowest BCUT2D eigenvalue weighted by Gasteiger charge is -2.36. The van der Waals surface area contributed by atoms with E-state index in [1.54, 1.807) is 0 Å². The van der Waals surface area contributed by atoms with E-state index in [9.17, 15) is 33.1 Å². The van der Waals surface area contributed by atoms with Crippen molar-refractivity contribution in [3.8, 4) is 6.07 Å². The molecule has 186 valence electrons. The number of aryl methyl sites for hydroxylation is 1. The van der Waals surface area contributed by atoms with E-state index in [1.807, 2.05) is 6.07 Å². The fourth-order valence-corrected chi connectivity index (χ4v) is 4.32. The standard InChI is InChI=1S/C24H20F3N5O4/c1-13-19(21(34)36-3)20(18-8-7-14(11-28)9-15(18)12-33)32-22(29-30(2)23(32)35)31(13)17-6-4-5-16(10-17)24(25,26)27/h4-10,20,33H,12H2,1-3H3. The molecule has 0 amide bonds. The van der Waals surface area contributed by atoms with Gasteiger partial charge in [-0.25, -0.2) is 18.8 Å². The van der Waals surface area contributed by atoms with E-state index in [0.717, 1.165) is 28.5 Å². The number of hydrogen-bond donors (Lipinski definition) is 1. The number of allylic oxidation sites excluding steroid dienone is 1. The number of benzene rings is 2. The highest BCUT2D eigenvalue weighted by atomic mass is 19.4. The van der Waals surface area contributed by atoms with Crippen molar-refractivity contribution >= 4 is 17.6 Å². The summed E-state index contributed by atoms with van der Waals surface area (Å²) in [5.41, 5.74) is -0.559. The molecule has 12 heteroatoms. The van der Waals surface area contributed by atoms with Crippen LogP contribution in [0.1, 0.15) is 35.2 Å². The van der Waals surface area contributed by atoms with Crippen molar-refractivity contribution < 1.29 is 27.8 Å². The Morgan fingerprint density at radius 3 is 2.58 bits per heavy atom. The number of methoxy groups -OCH3 is 1. The second-order valence-corrected chi connectivity index (χ2v) is 8.04. The van der Waals surface area contributed by atoms with Crippen LogP contribution < -0.4 is 10.6 Å². The minimum Gasteiger partial charge on any atom is -0.466 e. The molecule has 0 radical (unpaired) electrons. The summed E-state index contributed by atoms with van der Waals surface area (Å²) in [4.78, 5) is 27.6. The quantitative estimate of drug-likeness (QED) is 0.549. The summed E-state index contributed by atoms with van der Waals surface area (Å²) in [6.45, 7) is 1.00. The van der Waals surface area contributed by atoms with Crippen LogP contribution in [0.15, 0.2) is 58.5 Å². The van der Waals surface area contributed by atoms with Crippen LogP contribution in [0, 0.1) is 11.3 Å². The van der Waals surface area contributed by atoms with Gasteiger partial charge in [0.25, 0.3) is 0 Å². The molecule has 1 aromatic heterocycles. The molecule has 0 saturated heterocycles. The topological polar surface area (TPSA) is 113 Å². The first-order valence-corrected chi connectivity index (χ1v) is 10.6. The Balaban J connectivity index is 2.07. The van der Waals surface area contributed by atoms with Crippen LogP contribution in [0.25, 0.3) is 0 Å². The number of alkyl halides is 3. The number of carbonyl (C=O) groups is 1. The number of aromatic nitrogens is 3. The lowest BCUT2D eigenvalue weighted by molar-refractivity contribution is -0.138. The van der Waals surface area contributed by atoms with Gasteiger partial charge in [-0.05, 0) is 48.4 Å². The van der Waals surface area contributed by atoms with Crippen molar-refractivity contribution in [2.45, 2.75) is 25.7 Å². The average Bonchev–Trinajstić information content (AvgIpc) is 3.15. The number of nitrogens with zero attached hydrogens (tertiary/aromatic N) is 5. The normalized spacial score (nSPS) is 15.5. The highest BCUT2D eigenvalue weighted by Crippen LogP contribution is 2.43. The predicted octanol–water partition coefficient (Wildman–Crippen LogP) is 3.15. The van der Waals surface area contributed by atoms with Gasteiger partial charge in [-0.2, -0.15) is 18.4 Å². The van der Waals surface area contributed by atoms with Crippen LogP contribution in [-0.2, 0) is 29.4 Å². The first kappa shape index (κ1) is 24.7. The molecule has 36 heavy (non-hydrogen) atoms. The Morgan fingerprint density at radius 1 is 1.25 bits per heavy atom. The second kappa shape index (κ2) is 9.01. The Hall–Kier alpha value is -4.37. The molecule has 0 saturated carbocycles. The number of fused-ring (bicyclic) bond motifs is 1. The zero-order chi connectivity index (χ0) is 26.4. The van der Waals surface area contributed by atoms with E-state index in [1.165, 1.54) is 49.2 Å². The number of rotatable bonds is 4. The number of carbonyl (C=O) groups excluding carboxylic acids is 1. The summed E-state index contributed by atoms with van der Waals surface area (Å²) in [5, 5.41) is 23.5. The van der Waals surface area contributed by atoms with Crippen LogP contribution in [0.4, 0.5) is 24.8 Å². The molecule has 4 rings (SSSR count). The van der Waals surface area contributed by atoms with E-state index in [4.69, 9.17) is 4.74 Å². The van der Waals surface area contributed by atoms with Crippen LogP contribution in [0.5, 0.6) is 0 Å². The largest absolute Gasteiger partial charge is 0.466 e. The summed E-state index contributed by atoms with van der Waals surface area (Å²) in [5.74, 6) is -0.866. The van der Waals surface area contributed by atoms with Gasteiger partial charge >= 0.3 is 17.8 Å². The molecule has 0 aliphatic carbocycles. The number of nitriles is 1. The summed E-state index contributed by atoms with van der Waals surface area (Å²) in [6, 6.07) is 9.66. The average molecular weight is 499 g/mol. The zero-order valence-electron chi connectivity index (χ0n) is 19.4. The van der Waals surface area contributed by atoms with Crippen molar-refractivity contribution in [2.75, 3.05) is 12.0 Å². The molecule has 1 N–H and O–H groups in total. The molecule has 9 nitrogen and oxygen atoms in total. The van der Waals surface area contributed by atoms with Crippen LogP contribution in [0.2, 0.25) is 0 Å². The zero-order valence-corrected chi connectivity index (χ0v) is 19.4. The van der Waals surface area contributed by atoms with E-state index >= 15 is 0 Å². The molecular formula is C24H20F3N5O4. The molecule has 0 spiro atoms. The van der Waals surface area contributed by atoms with E-state index in [2.05, 4.69) is 5.10 Å². The molecule has 1 atom stereocenters. The molecule has 2 heterocycles. The molecule has 1 aliphatic heterocycles. The van der Waals surface area contributed by atoms with Gasteiger partial charge in [0.2, 0.25) is 5.95 Å². The third kappa shape index (κ3) is 3.93. The van der Waals surface area contributed by atoms with Crippen LogP contribution >= 0.6 is 0 Å². The van der Waals surface area contributed by atoms with Gasteiger partial charge < -0.3 is 9.84 Å². The smallest absolute Gasteiger partial charge is 0.416 e. The molecule has 3 aromatic rings. The Kier molecular flexibility index (Phi) is 6.19. The number of ether oxygens (including phenoxy) is 1. The molecule has 1 aliphatic rings. The number of esters is 1. The molecule has 0 fully saturated rings. The van der Waals surface area contributed by atoms with Crippen molar-refractivity contribution in [3.05, 3.63) is 86.5 Å². The molecule has 1 unspecified atom stereocenters. The number of halogens is 3. The highest BCUT2D eigenvalue weighted by molar-refractivity contribution is 5.93. The summed E-state index contributed by atoms with van der Waals surface area (Å²) in [6.07, 6.45) is -4.63. The summed E-state index contributed by atoms with van der Waals surface area (Å²) < 4.78 is 47.5. The lowest BCUT2D eigenvalue weighted by Crippen LogP contribution is -2.38. The number of anilines is 2. The van der Waals surface area contributed by atoms with Crippen molar-refractivity contribution in [2.24, 2.45) is 7.05 Å². The van der Waals surface area contributed by atoms with Gasteiger partial charge in [-0.3, -0.25) is 4.90 Å². The van der Waals surface area contributed by atoms with Gasteiger partial charge in [0, 0.05) is 18.4 Å². The van der Waals surface area contributed by atoms with Gasteiger partial charge in [0.15, 0.2) is 0 Å². The predicted molar refractivity (Wildman–Crippen MR) is 121 cm³/mol. The number of aliphatic hydroxyl groups excluding tert-OH is 1. The van der Waals surface area contributed by atoms with Crippen molar-refractivity contribution in [3.63, 3.8) is 0 Å². The molecular weight excluding hydrogens is 479 g/mol. The number of aliphatic hydroxyl groups is 1. The third-order valence-electron chi connectivity index (χ3n) is 5.97. The molecule has 2 aromatic carbocycles. The maximum Gasteiger partial charge on any atom is 0.416 e. The second-order valence-electron chi connectivity index (χ2n) is 8.04. The van der Waals surface area contributed by atoms with Gasteiger partial charge in [0.05, 0.1) is 36.5 Å². The van der Waals surface area contributed by atoms with E-state index in [-0.39, 0.29) is 34.0 Å². The Morgan fingerprint density at radius 2 is 1.97 bits per heavy atom.